The summed E-state index contributed by atoms with van der Waals surface area (Å²) in [5, 5.41) is 30.4. The van der Waals surface area contributed by atoms with Gasteiger partial charge in [-0.15, -0.1) is 11.3 Å². The zero-order chi connectivity index (χ0) is 30.4. The average Bonchev–Trinajstić information content (AvgIpc) is 3.83. The van der Waals surface area contributed by atoms with Crippen molar-refractivity contribution in [1.29, 1.82) is 10.5 Å². The standard InChI is InChI=1S/C31H36N10O2S/c1-3-6-24-25(20(12-33)28(34)44-24)22-16-42-17-23-26(38-43-27(22)23)29-36-30(40-10-4-7-18(11-32)14-40)21-13-35-41(31(21)37-29)15-19-8-5-9-39(19)2/h13,18-19,22H,3-10,14-17,34H2,1-2H3. The fourth-order valence-corrected chi connectivity index (χ4v) is 8.18. The van der Waals surface area contributed by atoms with Crippen LogP contribution in [0.1, 0.15) is 72.3 Å². The molecule has 0 spiro atoms. The smallest absolute Gasteiger partial charge is 0.186 e. The van der Waals surface area contributed by atoms with E-state index in [4.69, 9.17) is 30.1 Å². The number of nitriles is 2. The molecule has 7 heterocycles. The van der Waals surface area contributed by atoms with Gasteiger partial charge in [0.25, 0.3) is 0 Å². The van der Waals surface area contributed by atoms with Crippen molar-refractivity contribution in [2.24, 2.45) is 5.92 Å². The Bertz CT molecular complexity index is 1780. The molecule has 3 unspecified atom stereocenters. The molecule has 7 rings (SSSR count). The van der Waals surface area contributed by atoms with E-state index in [2.05, 4.69) is 41.1 Å². The van der Waals surface area contributed by atoms with Crippen molar-refractivity contribution in [3.8, 4) is 23.7 Å². The van der Waals surface area contributed by atoms with Crippen molar-refractivity contribution in [3.05, 3.63) is 33.5 Å². The van der Waals surface area contributed by atoms with Crippen LogP contribution in [-0.4, -0.2) is 69.1 Å². The first-order valence-corrected chi connectivity index (χ1v) is 16.3. The second-order valence-corrected chi connectivity index (χ2v) is 13.2. The summed E-state index contributed by atoms with van der Waals surface area (Å²) in [5.74, 6) is 1.53. The van der Waals surface area contributed by atoms with E-state index < -0.39 is 0 Å². The Balaban J connectivity index is 1.34. The number of nitrogens with zero attached hydrogens (tertiary/aromatic N) is 9. The quantitative estimate of drug-likeness (QED) is 0.314. The number of nitrogen functional groups attached to an aromatic ring is 1. The Morgan fingerprint density at radius 3 is 2.82 bits per heavy atom. The van der Waals surface area contributed by atoms with Crippen LogP contribution in [0.5, 0.6) is 0 Å². The number of anilines is 2. The zero-order valence-corrected chi connectivity index (χ0v) is 25.9. The normalized spacial score (nSPS) is 22.3. The Morgan fingerprint density at radius 1 is 1.18 bits per heavy atom. The van der Waals surface area contributed by atoms with Gasteiger partial charge >= 0.3 is 0 Å². The number of hydrogen-bond acceptors (Lipinski definition) is 12. The van der Waals surface area contributed by atoms with E-state index in [9.17, 15) is 10.5 Å². The monoisotopic (exact) mass is 612 g/mol. The van der Waals surface area contributed by atoms with Gasteiger partial charge in [-0.1, -0.05) is 18.5 Å². The Labute approximate surface area is 260 Å². The molecule has 4 aromatic rings. The van der Waals surface area contributed by atoms with E-state index in [1.165, 1.54) is 17.8 Å². The fraction of sp³-hybridized carbons (Fsp3) is 0.548. The van der Waals surface area contributed by atoms with Crippen LogP contribution in [-0.2, 0) is 24.3 Å². The van der Waals surface area contributed by atoms with E-state index in [1.807, 2.05) is 10.9 Å². The summed E-state index contributed by atoms with van der Waals surface area (Å²) in [5.41, 5.74) is 9.74. The minimum absolute atomic E-state index is 0.0574. The summed E-state index contributed by atoms with van der Waals surface area (Å²) in [7, 11) is 2.16. The molecule has 2 saturated heterocycles. The Morgan fingerprint density at radius 2 is 2.05 bits per heavy atom. The maximum absolute atomic E-state index is 9.99. The minimum Gasteiger partial charge on any atom is -0.389 e. The molecule has 4 aromatic heterocycles. The first-order valence-electron chi connectivity index (χ1n) is 15.5. The molecule has 13 heteroatoms. The van der Waals surface area contributed by atoms with E-state index in [-0.39, 0.29) is 11.8 Å². The van der Waals surface area contributed by atoms with Crippen molar-refractivity contribution in [1.82, 2.24) is 29.8 Å². The molecule has 3 atom stereocenters. The van der Waals surface area contributed by atoms with Gasteiger partial charge in [0.2, 0.25) is 0 Å². The summed E-state index contributed by atoms with van der Waals surface area (Å²) >= 11 is 1.47. The minimum atomic E-state index is -0.296. The SMILES string of the molecule is CCCc1sc(N)c(C#N)c1C1COCc2c(-c3nc(N4CCCC(C#N)C4)c4cnn(CC5CCCN5C)c4n3)noc21. The molecule has 3 aliphatic rings. The Kier molecular flexibility index (Phi) is 7.70. The predicted molar refractivity (Wildman–Crippen MR) is 166 cm³/mol. The number of nitrogens with two attached hydrogens (primary N) is 1. The molecule has 12 nitrogen and oxygen atoms in total. The van der Waals surface area contributed by atoms with Crippen LogP contribution in [0.3, 0.4) is 0 Å². The molecule has 0 radical (unpaired) electrons. The molecular formula is C31H36N10O2S. The van der Waals surface area contributed by atoms with Crippen molar-refractivity contribution in [2.45, 2.75) is 70.6 Å². The number of aromatic nitrogens is 5. The first kappa shape index (κ1) is 28.7. The third kappa shape index (κ3) is 4.89. The highest BCUT2D eigenvalue weighted by molar-refractivity contribution is 7.16. The lowest BCUT2D eigenvalue weighted by Crippen LogP contribution is -2.35. The molecule has 0 aliphatic carbocycles. The first-order chi connectivity index (χ1) is 21.5. The highest BCUT2D eigenvalue weighted by atomic mass is 32.1. The molecule has 44 heavy (non-hydrogen) atoms. The van der Waals surface area contributed by atoms with Crippen LogP contribution in [0, 0.1) is 28.6 Å². The van der Waals surface area contributed by atoms with Gasteiger partial charge in [0.1, 0.15) is 16.9 Å². The topological polar surface area (TPSA) is 159 Å². The fourth-order valence-electron chi connectivity index (χ4n) is 6.99. The van der Waals surface area contributed by atoms with Crippen molar-refractivity contribution >= 4 is 33.2 Å². The zero-order valence-electron chi connectivity index (χ0n) is 25.1. The maximum Gasteiger partial charge on any atom is 0.186 e. The number of ether oxygens (including phenoxy) is 1. The predicted octanol–water partition coefficient (Wildman–Crippen LogP) is 4.45. The van der Waals surface area contributed by atoms with E-state index >= 15 is 0 Å². The number of rotatable bonds is 7. The second kappa shape index (κ2) is 11.8. The van der Waals surface area contributed by atoms with Gasteiger partial charge in [-0.05, 0) is 51.3 Å². The summed E-state index contributed by atoms with van der Waals surface area (Å²) in [6.45, 7) is 6.01. The van der Waals surface area contributed by atoms with Gasteiger partial charge < -0.3 is 24.8 Å². The molecule has 0 saturated carbocycles. The average molecular weight is 613 g/mol. The molecule has 2 fully saturated rings. The van der Waals surface area contributed by atoms with Gasteiger partial charge in [0.05, 0.1) is 60.4 Å². The highest BCUT2D eigenvalue weighted by Crippen LogP contribution is 2.44. The lowest BCUT2D eigenvalue weighted by molar-refractivity contribution is 0.0901. The molecule has 0 aromatic carbocycles. The van der Waals surface area contributed by atoms with Crippen LogP contribution in [0.2, 0.25) is 0 Å². The van der Waals surface area contributed by atoms with Crippen molar-refractivity contribution < 1.29 is 9.26 Å². The molecule has 0 amide bonds. The maximum atomic E-state index is 9.99. The van der Waals surface area contributed by atoms with Crippen LogP contribution < -0.4 is 10.6 Å². The number of piperidine rings is 1. The number of fused-ring (bicyclic) bond motifs is 2. The van der Waals surface area contributed by atoms with E-state index in [0.29, 0.717) is 53.6 Å². The van der Waals surface area contributed by atoms with Crippen molar-refractivity contribution in [2.75, 3.05) is 43.9 Å². The van der Waals surface area contributed by atoms with Crippen molar-refractivity contribution in [3.63, 3.8) is 0 Å². The van der Waals surface area contributed by atoms with E-state index in [0.717, 1.165) is 84.6 Å². The van der Waals surface area contributed by atoms with Gasteiger partial charge in [-0.25, -0.2) is 14.6 Å². The summed E-state index contributed by atoms with van der Waals surface area (Å²) in [6.07, 6.45) is 7.70. The van der Waals surface area contributed by atoms with Gasteiger partial charge in [-0.2, -0.15) is 15.6 Å². The second-order valence-electron chi connectivity index (χ2n) is 12.1. The largest absolute Gasteiger partial charge is 0.389 e. The summed E-state index contributed by atoms with van der Waals surface area (Å²) in [6, 6.07) is 5.16. The van der Waals surface area contributed by atoms with Crippen LogP contribution >= 0.6 is 11.3 Å². The lowest BCUT2D eigenvalue weighted by atomic mass is 9.89. The van der Waals surface area contributed by atoms with Crippen LogP contribution in [0.25, 0.3) is 22.6 Å². The van der Waals surface area contributed by atoms with Gasteiger partial charge in [0, 0.05) is 24.0 Å². The number of likely N-dealkylation sites (tertiary alicyclic amines) is 1. The lowest BCUT2D eigenvalue weighted by Gasteiger charge is -2.31. The third-order valence-corrected chi connectivity index (χ3v) is 10.4. The molecular weight excluding hydrogens is 576 g/mol. The van der Waals surface area contributed by atoms with Crippen LogP contribution in [0.4, 0.5) is 10.8 Å². The van der Waals surface area contributed by atoms with Gasteiger partial charge in [-0.3, -0.25) is 0 Å². The summed E-state index contributed by atoms with van der Waals surface area (Å²) in [4.78, 5) is 15.8. The number of likely N-dealkylation sites (N-methyl/N-ethyl adjacent to an activating group) is 1. The van der Waals surface area contributed by atoms with Crippen LogP contribution in [0.15, 0.2) is 10.7 Å². The number of hydrogen-bond donors (Lipinski definition) is 1. The molecule has 3 aliphatic heterocycles. The summed E-state index contributed by atoms with van der Waals surface area (Å²) < 4.78 is 14.2. The number of aryl methyl sites for hydroxylation is 1. The molecule has 228 valence electrons. The number of thiophene rings is 1. The highest BCUT2D eigenvalue weighted by Gasteiger charge is 2.36. The molecule has 0 bridgehead atoms. The van der Waals surface area contributed by atoms with E-state index in [1.54, 1.807) is 0 Å². The third-order valence-electron chi connectivity index (χ3n) is 9.30. The molecule has 2 N–H and O–H groups in total. The Hall–Kier alpha value is -4.04. The van der Waals surface area contributed by atoms with Gasteiger partial charge in [0.15, 0.2) is 22.9 Å².